The van der Waals surface area contributed by atoms with E-state index in [0.29, 0.717) is 17.0 Å². The third-order valence-electron chi connectivity index (χ3n) is 3.47. The van der Waals surface area contributed by atoms with Crippen LogP contribution in [0, 0.1) is 18.6 Å². The minimum atomic E-state index is -0.346. The minimum absolute atomic E-state index is 0.0114. The zero-order chi connectivity index (χ0) is 15.4. The molecule has 0 amide bonds. The van der Waals surface area contributed by atoms with Gasteiger partial charge in [-0.25, -0.2) is 8.78 Å². The van der Waals surface area contributed by atoms with Crippen LogP contribution in [-0.2, 0) is 6.42 Å². The van der Waals surface area contributed by atoms with Crippen molar-refractivity contribution in [1.29, 1.82) is 0 Å². The van der Waals surface area contributed by atoms with Crippen LogP contribution < -0.4 is 5.32 Å². The Balaban J connectivity index is 2.28. The maximum absolute atomic E-state index is 13.4. The molecule has 0 heterocycles. The first-order valence-corrected chi connectivity index (χ1v) is 7.32. The van der Waals surface area contributed by atoms with E-state index < -0.39 is 0 Å². The Morgan fingerprint density at radius 1 is 1.14 bits per heavy atom. The van der Waals surface area contributed by atoms with Gasteiger partial charge in [-0.1, -0.05) is 36.7 Å². The SMILES string of the molecule is CCNC(Cc1ccc(F)cc1Cl)c1ccc(F)c(C)c1. The van der Waals surface area contributed by atoms with Crippen molar-refractivity contribution < 1.29 is 8.78 Å². The summed E-state index contributed by atoms with van der Waals surface area (Å²) in [5.41, 5.74) is 2.47. The highest BCUT2D eigenvalue weighted by Crippen LogP contribution is 2.25. The summed E-state index contributed by atoms with van der Waals surface area (Å²) in [6.07, 6.45) is 0.623. The molecule has 0 radical (unpaired) electrons. The fraction of sp³-hybridized carbons (Fsp3) is 0.294. The van der Waals surface area contributed by atoms with Gasteiger partial charge in [0.15, 0.2) is 0 Å². The Morgan fingerprint density at radius 3 is 2.52 bits per heavy atom. The van der Waals surface area contributed by atoms with Crippen molar-refractivity contribution in [3.63, 3.8) is 0 Å². The van der Waals surface area contributed by atoms with E-state index in [9.17, 15) is 8.78 Å². The number of rotatable bonds is 5. The number of hydrogen-bond acceptors (Lipinski definition) is 1. The molecule has 0 spiro atoms. The molecule has 0 aliphatic heterocycles. The van der Waals surface area contributed by atoms with Gasteiger partial charge in [-0.3, -0.25) is 0 Å². The molecule has 1 N–H and O–H groups in total. The van der Waals surface area contributed by atoms with Crippen LogP contribution in [0.1, 0.15) is 29.7 Å². The first kappa shape index (κ1) is 15.9. The van der Waals surface area contributed by atoms with Crippen molar-refractivity contribution >= 4 is 11.6 Å². The maximum atomic E-state index is 13.4. The van der Waals surface area contributed by atoms with E-state index in [-0.39, 0.29) is 17.7 Å². The molecule has 0 aliphatic rings. The molecule has 1 atom stereocenters. The Labute approximate surface area is 128 Å². The lowest BCUT2D eigenvalue weighted by Crippen LogP contribution is -2.23. The van der Waals surface area contributed by atoms with Gasteiger partial charge < -0.3 is 5.32 Å². The molecule has 2 aromatic carbocycles. The highest BCUT2D eigenvalue weighted by Gasteiger charge is 2.14. The van der Waals surface area contributed by atoms with Crippen LogP contribution in [0.4, 0.5) is 8.78 Å². The van der Waals surface area contributed by atoms with Gasteiger partial charge in [0.05, 0.1) is 0 Å². The largest absolute Gasteiger partial charge is 0.310 e. The van der Waals surface area contributed by atoms with Gasteiger partial charge in [0.2, 0.25) is 0 Å². The van der Waals surface area contributed by atoms with Crippen LogP contribution in [0.3, 0.4) is 0 Å². The minimum Gasteiger partial charge on any atom is -0.310 e. The molecule has 0 fully saturated rings. The van der Waals surface area contributed by atoms with Crippen LogP contribution in [0.5, 0.6) is 0 Å². The molecule has 2 rings (SSSR count). The summed E-state index contributed by atoms with van der Waals surface area (Å²) < 4.78 is 26.5. The normalized spacial score (nSPS) is 12.4. The topological polar surface area (TPSA) is 12.0 Å². The first-order valence-electron chi connectivity index (χ1n) is 6.94. The van der Waals surface area contributed by atoms with Crippen LogP contribution in [0.15, 0.2) is 36.4 Å². The molecule has 1 nitrogen and oxygen atoms in total. The number of likely N-dealkylation sites (N-methyl/N-ethyl adjacent to an activating group) is 1. The van der Waals surface area contributed by atoms with Crippen molar-refractivity contribution in [2.75, 3.05) is 6.54 Å². The molecule has 0 bridgehead atoms. The molecule has 0 saturated heterocycles. The van der Waals surface area contributed by atoms with Gasteiger partial charge in [-0.2, -0.15) is 0 Å². The Hall–Kier alpha value is -1.45. The predicted molar refractivity (Wildman–Crippen MR) is 82.7 cm³/mol. The summed E-state index contributed by atoms with van der Waals surface area (Å²) in [6, 6.07) is 9.50. The zero-order valence-corrected chi connectivity index (χ0v) is 12.8. The number of halogens is 3. The van der Waals surface area contributed by atoms with E-state index in [4.69, 9.17) is 11.6 Å². The smallest absolute Gasteiger partial charge is 0.126 e. The van der Waals surface area contributed by atoms with Crippen LogP contribution >= 0.6 is 11.6 Å². The maximum Gasteiger partial charge on any atom is 0.126 e. The second-order valence-electron chi connectivity index (χ2n) is 5.06. The molecule has 2 aromatic rings. The van der Waals surface area contributed by atoms with Gasteiger partial charge in [0, 0.05) is 11.1 Å². The molecule has 0 aliphatic carbocycles. The van der Waals surface area contributed by atoms with Crippen molar-refractivity contribution in [2.24, 2.45) is 0 Å². The van der Waals surface area contributed by atoms with E-state index in [2.05, 4.69) is 5.32 Å². The fourth-order valence-electron chi connectivity index (χ4n) is 2.35. The zero-order valence-electron chi connectivity index (χ0n) is 12.1. The van der Waals surface area contributed by atoms with E-state index in [1.807, 2.05) is 13.0 Å². The lowest BCUT2D eigenvalue weighted by molar-refractivity contribution is 0.545. The summed E-state index contributed by atoms with van der Waals surface area (Å²) in [6.45, 7) is 4.53. The van der Waals surface area contributed by atoms with Crippen molar-refractivity contribution in [3.8, 4) is 0 Å². The molecular weight excluding hydrogens is 292 g/mol. The second kappa shape index (κ2) is 7.01. The highest BCUT2D eigenvalue weighted by atomic mass is 35.5. The van der Waals surface area contributed by atoms with E-state index in [1.165, 1.54) is 18.2 Å². The van der Waals surface area contributed by atoms with Crippen molar-refractivity contribution in [1.82, 2.24) is 5.32 Å². The molecule has 0 saturated carbocycles. The Morgan fingerprint density at radius 2 is 1.90 bits per heavy atom. The predicted octanol–water partition coefficient (Wildman–Crippen LogP) is 4.82. The fourth-order valence-corrected chi connectivity index (χ4v) is 2.59. The molecule has 4 heteroatoms. The second-order valence-corrected chi connectivity index (χ2v) is 5.47. The van der Waals surface area contributed by atoms with Crippen LogP contribution in [0.2, 0.25) is 5.02 Å². The number of benzene rings is 2. The highest BCUT2D eigenvalue weighted by molar-refractivity contribution is 6.31. The summed E-state index contributed by atoms with van der Waals surface area (Å²) in [7, 11) is 0. The third-order valence-corrected chi connectivity index (χ3v) is 3.83. The number of aryl methyl sites for hydroxylation is 1. The lowest BCUT2D eigenvalue weighted by Gasteiger charge is -2.20. The number of nitrogens with one attached hydrogen (secondary N) is 1. The molecule has 0 aromatic heterocycles. The molecule has 21 heavy (non-hydrogen) atoms. The summed E-state index contributed by atoms with van der Waals surface area (Å²) in [5, 5.41) is 3.77. The van der Waals surface area contributed by atoms with E-state index in [1.54, 1.807) is 19.1 Å². The summed E-state index contributed by atoms with van der Waals surface area (Å²) >= 11 is 6.09. The van der Waals surface area contributed by atoms with Gasteiger partial charge in [0.25, 0.3) is 0 Å². The van der Waals surface area contributed by atoms with Gasteiger partial charge >= 0.3 is 0 Å². The van der Waals surface area contributed by atoms with Crippen LogP contribution in [-0.4, -0.2) is 6.54 Å². The number of hydrogen-bond donors (Lipinski definition) is 1. The Bertz CT molecular complexity index is 628. The monoisotopic (exact) mass is 309 g/mol. The van der Waals surface area contributed by atoms with Gasteiger partial charge in [0.1, 0.15) is 11.6 Å². The first-order chi connectivity index (χ1) is 10.0. The molecular formula is C17H18ClF2N. The van der Waals surface area contributed by atoms with Gasteiger partial charge in [-0.05, 0) is 54.8 Å². The summed E-state index contributed by atoms with van der Waals surface area (Å²) in [4.78, 5) is 0. The van der Waals surface area contributed by atoms with Crippen molar-refractivity contribution in [3.05, 3.63) is 69.7 Å². The standard InChI is InChI=1S/C17H18ClF2N/c1-3-21-17(13-5-7-16(20)11(2)8-13)9-12-4-6-14(19)10-15(12)18/h4-8,10,17,21H,3,9H2,1-2H3. The Kier molecular flexibility index (Phi) is 5.32. The molecule has 112 valence electrons. The van der Waals surface area contributed by atoms with Crippen LogP contribution in [0.25, 0.3) is 0 Å². The third kappa shape index (κ3) is 4.02. The van der Waals surface area contributed by atoms with E-state index >= 15 is 0 Å². The average molecular weight is 310 g/mol. The average Bonchev–Trinajstić information content (AvgIpc) is 2.44. The van der Waals surface area contributed by atoms with E-state index in [0.717, 1.165) is 17.7 Å². The summed E-state index contributed by atoms with van der Waals surface area (Å²) in [5.74, 6) is -0.560. The van der Waals surface area contributed by atoms with Gasteiger partial charge in [-0.15, -0.1) is 0 Å². The lowest BCUT2D eigenvalue weighted by atomic mass is 9.97. The quantitative estimate of drug-likeness (QED) is 0.835. The van der Waals surface area contributed by atoms with Crippen molar-refractivity contribution in [2.45, 2.75) is 26.3 Å². The molecule has 1 unspecified atom stereocenters.